The zero-order valence-electron chi connectivity index (χ0n) is 19.7. The van der Waals surface area contributed by atoms with E-state index in [2.05, 4.69) is 43.4 Å². The van der Waals surface area contributed by atoms with Gasteiger partial charge in [-0.3, -0.25) is 4.79 Å². The Labute approximate surface area is 186 Å². The van der Waals surface area contributed by atoms with Gasteiger partial charge in [-0.05, 0) is 69.9 Å². The summed E-state index contributed by atoms with van der Waals surface area (Å²) in [5.74, 6) is 0.762. The predicted octanol–water partition coefficient (Wildman–Crippen LogP) is 5.24. The van der Waals surface area contributed by atoms with Crippen LogP contribution >= 0.6 is 0 Å². The van der Waals surface area contributed by atoms with Crippen LogP contribution in [0, 0.1) is 5.92 Å². The third kappa shape index (κ3) is 5.31. The zero-order valence-corrected chi connectivity index (χ0v) is 19.7. The number of anilines is 2. The molecule has 6 heteroatoms. The first-order chi connectivity index (χ1) is 14.5. The summed E-state index contributed by atoms with van der Waals surface area (Å²) in [4.78, 5) is 12.1. The summed E-state index contributed by atoms with van der Waals surface area (Å²) < 4.78 is 18.2. The van der Waals surface area contributed by atoms with E-state index in [0.29, 0.717) is 17.1 Å². The number of carbonyl (C=O) groups excluding carboxylic acids is 1. The lowest BCUT2D eigenvalue weighted by molar-refractivity contribution is -0.133. The van der Waals surface area contributed by atoms with Crippen molar-refractivity contribution in [1.82, 2.24) is 0 Å². The summed E-state index contributed by atoms with van der Waals surface area (Å²) in [6.07, 6.45) is 1.33. The molecule has 0 radical (unpaired) electrons. The van der Waals surface area contributed by atoms with Crippen LogP contribution in [-0.4, -0.2) is 24.3 Å². The molecule has 3 rings (SSSR count). The molecular weight excluding hydrogens is 389 g/mol. The van der Waals surface area contributed by atoms with Crippen molar-refractivity contribution in [3.05, 3.63) is 48.0 Å². The fourth-order valence-corrected chi connectivity index (χ4v) is 3.49. The Hall–Kier alpha value is -2.31. The standard InChI is InChI=1S/C25H34BNO4/c1-8-22(28)29-21-11-9-10-20(23(21)26-30-24(4,5)25(6,7)31-26)27-19-14-12-18(13-15-19)16-17(2)3/h9-15,17,27H,8,16H2,1-7H3. The van der Waals surface area contributed by atoms with Crippen LogP contribution in [0.4, 0.5) is 11.4 Å². The highest BCUT2D eigenvalue weighted by Crippen LogP contribution is 2.38. The second kappa shape index (κ2) is 9.05. The fourth-order valence-electron chi connectivity index (χ4n) is 3.49. The average molecular weight is 423 g/mol. The molecule has 0 spiro atoms. The number of benzene rings is 2. The van der Waals surface area contributed by atoms with Crippen LogP contribution in [0.2, 0.25) is 0 Å². The lowest BCUT2D eigenvalue weighted by Crippen LogP contribution is -2.41. The van der Waals surface area contributed by atoms with E-state index in [0.717, 1.165) is 17.8 Å². The van der Waals surface area contributed by atoms with Crippen molar-refractivity contribution in [3.63, 3.8) is 0 Å². The Morgan fingerprint density at radius 1 is 1.03 bits per heavy atom. The molecule has 1 N–H and O–H groups in total. The average Bonchev–Trinajstić information content (AvgIpc) is 2.90. The van der Waals surface area contributed by atoms with Crippen molar-refractivity contribution >= 4 is 29.9 Å². The van der Waals surface area contributed by atoms with Crippen LogP contribution < -0.4 is 15.5 Å². The van der Waals surface area contributed by atoms with Gasteiger partial charge in [0.05, 0.1) is 11.2 Å². The summed E-state index contributed by atoms with van der Waals surface area (Å²) in [5, 5.41) is 3.47. The summed E-state index contributed by atoms with van der Waals surface area (Å²) >= 11 is 0. The van der Waals surface area contributed by atoms with E-state index < -0.39 is 18.3 Å². The Kier molecular flexibility index (Phi) is 6.82. The van der Waals surface area contributed by atoms with Crippen molar-refractivity contribution in [3.8, 4) is 5.75 Å². The van der Waals surface area contributed by atoms with Gasteiger partial charge in [0.15, 0.2) is 0 Å². The third-order valence-corrected chi connectivity index (χ3v) is 5.94. The summed E-state index contributed by atoms with van der Waals surface area (Å²) in [6, 6.07) is 14.0. The van der Waals surface area contributed by atoms with Crippen LogP contribution in [0.5, 0.6) is 5.75 Å². The van der Waals surface area contributed by atoms with Gasteiger partial charge in [-0.25, -0.2) is 0 Å². The first kappa shape index (κ1) is 23.4. The molecule has 5 nitrogen and oxygen atoms in total. The maximum Gasteiger partial charge on any atom is 0.500 e. The van der Waals surface area contributed by atoms with Crippen LogP contribution in [-0.2, 0) is 20.5 Å². The first-order valence-electron chi connectivity index (χ1n) is 11.1. The number of carbonyl (C=O) groups is 1. The first-order valence-corrected chi connectivity index (χ1v) is 11.1. The molecule has 1 aliphatic heterocycles. The number of rotatable bonds is 7. The molecule has 0 bridgehead atoms. The Morgan fingerprint density at radius 3 is 2.19 bits per heavy atom. The minimum atomic E-state index is -0.659. The van der Waals surface area contributed by atoms with E-state index in [1.54, 1.807) is 13.0 Å². The van der Waals surface area contributed by atoms with E-state index >= 15 is 0 Å². The highest BCUT2D eigenvalue weighted by molar-refractivity contribution is 6.65. The van der Waals surface area contributed by atoms with E-state index in [-0.39, 0.29) is 12.4 Å². The number of esters is 1. The van der Waals surface area contributed by atoms with Gasteiger partial charge in [0.2, 0.25) is 0 Å². The smallest absolute Gasteiger partial charge is 0.427 e. The van der Waals surface area contributed by atoms with E-state index in [4.69, 9.17) is 14.0 Å². The summed E-state index contributed by atoms with van der Waals surface area (Å²) in [5.41, 5.74) is 2.72. The van der Waals surface area contributed by atoms with Gasteiger partial charge in [-0.15, -0.1) is 0 Å². The molecular formula is C25H34BNO4. The van der Waals surface area contributed by atoms with Gasteiger partial charge >= 0.3 is 13.1 Å². The molecule has 0 aliphatic carbocycles. The van der Waals surface area contributed by atoms with Crippen molar-refractivity contribution in [2.45, 2.75) is 72.5 Å². The van der Waals surface area contributed by atoms with Crippen molar-refractivity contribution < 1.29 is 18.8 Å². The van der Waals surface area contributed by atoms with Crippen molar-refractivity contribution in [1.29, 1.82) is 0 Å². The zero-order chi connectivity index (χ0) is 22.8. The molecule has 1 heterocycles. The molecule has 1 fully saturated rings. The molecule has 166 valence electrons. The number of hydrogen-bond donors (Lipinski definition) is 1. The maximum absolute atomic E-state index is 12.1. The number of nitrogens with one attached hydrogen (secondary N) is 1. The van der Waals surface area contributed by atoms with Gasteiger partial charge in [-0.1, -0.05) is 39.0 Å². The third-order valence-electron chi connectivity index (χ3n) is 5.94. The van der Waals surface area contributed by atoms with Gasteiger partial charge < -0.3 is 19.4 Å². The van der Waals surface area contributed by atoms with Crippen LogP contribution in [0.25, 0.3) is 0 Å². The van der Waals surface area contributed by atoms with Gasteiger partial charge in [0.1, 0.15) is 5.75 Å². The predicted molar refractivity (Wildman–Crippen MR) is 126 cm³/mol. The van der Waals surface area contributed by atoms with Crippen LogP contribution in [0.15, 0.2) is 42.5 Å². The molecule has 1 aliphatic rings. The van der Waals surface area contributed by atoms with Crippen LogP contribution in [0.3, 0.4) is 0 Å². The second-order valence-electron chi connectivity index (χ2n) is 9.55. The van der Waals surface area contributed by atoms with Gasteiger partial charge in [0, 0.05) is 23.3 Å². The number of hydrogen-bond acceptors (Lipinski definition) is 5. The van der Waals surface area contributed by atoms with Crippen molar-refractivity contribution in [2.24, 2.45) is 5.92 Å². The molecule has 0 atom stereocenters. The summed E-state index contributed by atoms with van der Waals surface area (Å²) in [6.45, 7) is 14.2. The fraction of sp³-hybridized carbons (Fsp3) is 0.480. The van der Waals surface area contributed by atoms with E-state index in [9.17, 15) is 4.79 Å². The largest absolute Gasteiger partial charge is 0.500 e. The summed E-state index contributed by atoms with van der Waals surface area (Å²) in [7, 11) is -0.659. The minimum absolute atomic E-state index is 0.289. The van der Waals surface area contributed by atoms with Crippen molar-refractivity contribution in [2.75, 3.05) is 5.32 Å². The van der Waals surface area contributed by atoms with E-state index in [1.807, 2.05) is 39.8 Å². The molecule has 1 saturated heterocycles. The van der Waals surface area contributed by atoms with Gasteiger partial charge in [-0.2, -0.15) is 0 Å². The highest BCUT2D eigenvalue weighted by atomic mass is 16.7. The van der Waals surface area contributed by atoms with Gasteiger partial charge in [0.25, 0.3) is 0 Å². The molecule has 0 aromatic heterocycles. The monoisotopic (exact) mass is 423 g/mol. The molecule has 2 aromatic rings. The Bertz CT molecular complexity index is 906. The highest BCUT2D eigenvalue weighted by Gasteiger charge is 2.53. The molecule has 0 saturated carbocycles. The molecule has 31 heavy (non-hydrogen) atoms. The Balaban J connectivity index is 1.96. The SMILES string of the molecule is CCC(=O)Oc1cccc(Nc2ccc(CC(C)C)cc2)c1B1OC(C)(C)C(C)(C)O1. The van der Waals surface area contributed by atoms with Crippen LogP contribution in [0.1, 0.15) is 60.5 Å². The quantitative estimate of drug-likeness (QED) is 0.375. The lowest BCUT2D eigenvalue weighted by atomic mass is 9.76. The molecule has 0 unspecified atom stereocenters. The molecule has 0 amide bonds. The molecule has 2 aromatic carbocycles. The number of ether oxygens (including phenoxy) is 1. The maximum atomic E-state index is 12.1. The topological polar surface area (TPSA) is 56.8 Å². The second-order valence-corrected chi connectivity index (χ2v) is 9.55. The lowest BCUT2D eigenvalue weighted by Gasteiger charge is -2.32. The van der Waals surface area contributed by atoms with E-state index in [1.165, 1.54) is 5.56 Å². The minimum Gasteiger partial charge on any atom is -0.427 e. The normalized spacial score (nSPS) is 17.1. The Morgan fingerprint density at radius 2 is 1.65 bits per heavy atom.